The summed E-state index contributed by atoms with van der Waals surface area (Å²) in [5, 5.41) is 1.96. The van der Waals surface area contributed by atoms with E-state index in [4.69, 9.17) is 0 Å². The second kappa shape index (κ2) is 5.37. The molecule has 2 nitrogen and oxygen atoms in total. The summed E-state index contributed by atoms with van der Waals surface area (Å²) in [6.45, 7) is 1.88. The predicted octanol–water partition coefficient (Wildman–Crippen LogP) is 2.80. The van der Waals surface area contributed by atoms with Gasteiger partial charge in [-0.05, 0) is 30.7 Å². The lowest BCUT2D eigenvalue weighted by atomic mass is 10.1. The van der Waals surface area contributed by atoms with Gasteiger partial charge in [0, 0.05) is 13.1 Å². The number of piperidine rings is 1. The molecule has 1 aliphatic heterocycles. The van der Waals surface area contributed by atoms with Crippen molar-refractivity contribution in [3.8, 4) is 0 Å². The van der Waals surface area contributed by atoms with Gasteiger partial charge in [-0.15, -0.1) is 23.7 Å². The van der Waals surface area contributed by atoms with Crippen molar-refractivity contribution < 1.29 is 4.79 Å². The van der Waals surface area contributed by atoms with Gasteiger partial charge in [0.25, 0.3) is 5.91 Å². The second-order valence-electron chi connectivity index (χ2n) is 3.33. The highest BCUT2D eigenvalue weighted by molar-refractivity contribution is 7.12. The number of halogens is 1. The molecule has 2 heterocycles. The van der Waals surface area contributed by atoms with Crippen molar-refractivity contribution >= 4 is 29.7 Å². The van der Waals surface area contributed by atoms with Crippen LogP contribution in [0.3, 0.4) is 0 Å². The summed E-state index contributed by atoms with van der Waals surface area (Å²) in [7, 11) is 0. The standard InChI is InChI=1S/C10H13NOS.ClH/c12-10(9-5-4-8-13-9)11-6-2-1-3-7-11;/h4-5,8H,1-3,6-7H2;1H. The van der Waals surface area contributed by atoms with E-state index in [9.17, 15) is 4.79 Å². The van der Waals surface area contributed by atoms with Gasteiger partial charge in [0.2, 0.25) is 0 Å². The van der Waals surface area contributed by atoms with Crippen LogP contribution in [0.4, 0.5) is 0 Å². The van der Waals surface area contributed by atoms with Crippen molar-refractivity contribution in [2.24, 2.45) is 0 Å². The quantitative estimate of drug-likeness (QED) is 0.728. The molecule has 0 bridgehead atoms. The van der Waals surface area contributed by atoms with Gasteiger partial charge in [-0.1, -0.05) is 6.07 Å². The Morgan fingerprint density at radius 2 is 2.00 bits per heavy atom. The second-order valence-corrected chi connectivity index (χ2v) is 4.28. The lowest BCUT2D eigenvalue weighted by Gasteiger charge is -2.26. The van der Waals surface area contributed by atoms with Crippen LogP contribution in [-0.2, 0) is 0 Å². The van der Waals surface area contributed by atoms with Gasteiger partial charge in [0.05, 0.1) is 4.88 Å². The fourth-order valence-corrected chi connectivity index (χ4v) is 2.34. The number of thiophene rings is 1. The molecule has 0 aliphatic carbocycles. The molecule has 0 N–H and O–H groups in total. The highest BCUT2D eigenvalue weighted by Crippen LogP contribution is 2.16. The van der Waals surface area contributed by atoms with Crippen molar-refractivity contribution in [3.63, 3.8) is 0 Å². The maximum absolute atomic E-state index is 11.8. The molecule has 1 aliphatic rings. The van der Waals surface area contributed by atoms with E-state index in [-0.39, 0.29) is 18.3 Å². The van der Waals surface area contributed by atoms with Crippen LogP contribution < -0.4 is 0 Å². The van der Waals surface area contributed by atoms with Gasteiger partial charge < -0.3 is 4.90 Å². The average Bonchev–Trinajstić information content (AvgIpc) is 2.71. The van der Waals surface area contributed by atoms with Crippen LogP contribution >= 0.6 is 23.7 Å². The van der Waals surface area contributed by atoms with Crippen LogP contribution in [0.15, 0.2) is 17.5 Å². The fourth-order valence-electron chi connectivity index (χ4n) is 1.65. The maximum Gasteiger partial charge on any atom is 0.263 e. The van der Waals surface area contributed by atoms with E-state index in [1.807, 2.05) is 22.4 Å². The molecule has 0 unspecified atom stereocenters. The molecule has 0 radical (unpaired) electrons. The molecule has 0 aromatic carbocycles. The molecule has 0 spiro atoms. The largest absolute Gasteiger partial charge is 0.338 e. The zero-order chi connectivity index (χ0) is 9.10. The van der Waals surface area contributed by atoms with Crippen molar-refractivity contribution in [2.75, 3.05) is 13.1 Å². The summed E-state index contributed by atoms with van der Waals surface area (Å²) >= 11 is 1.53. The normalized spacial score (nSPS) is 16.1. The van der Waals surface area contributed by atoms with Crippen molar-refractivity contribution in [3.05, 3.63) is 22.4 Å². The Labute approximate surface area is 94.3 Å². The van der Waals surface area contributed by atoms with Crippen LogP contribution in [0.1, 0.15) is 28.9 Å². The fraction of sp³-hybridized carbons (Fsp3) is 0.500. The molecule has 4 heteroatoms. The van der Waals surface area contributed by atoms with Crippen LogP contribution in [0, 0.1) is 0 Å². The summed E-state index contributed by atoms with van der Waals surface area (Å²) in [5.74, 6) is 0.217. The van der Waals surface area contributed by atoms with Crippen molar-refractivity contribution in [1.29, 1.82) is 0 Å². The number of hydrogen-bond acceptors (Lipinski definition) is 2. The van der Waals surface area contributed by atoms with E-state index in [2.05, 4.69) is 0 Å². The van der Waals surface area contributed by atoms with Crippen molar-refractivity contribution in [1.82, 2.24) is 4.90 Å². The number of carbonyl (C=O) groups excluding carboxylic acids is 1. The third-order valence-corrected chi connectivity index (χ3v) is 3.23. The van der Waals surface area contributed by atoms with E-state index < -0.39 is 0 Å². The third-order valence-electron chi connectivity index (χ3n) is 2.38. The molecule has 1 amide bonds. The zero-order valence-corrected chi connectivity index (χ0v) is 9.57. The summed E-state index contributed by atoms with van der Waals surface area (Å²) in [6, 6.07) is 3.84. The SMILES string of the molecule is Cl.O=C(c1cccs1)N1CCCCC1. The molecule has 1 fully saturated rings. The molecule has 14 heavy (non-hydrogen) atoms. The van der Waals surface area contributed by atoms with Crippen LogP contribution in [0.25, 0.3) is 0 Å². The van der Waals surface area contributed by atoms with Crippen molar-refractivity contribution in [2.45, 2.75) is 19.3 Å². The smallest absolute Gasteiger partial charge is 0.263 e. The third kappa shape index (κ3) is 2.49. The molecule has 1 aromatic heterocycles. The summed E-state index contributed by atoms with van der Waals surface area (Å²) < 4.78 is 0. The number of hydrogen-bond donors (Lipinski definition) is 0. The van der Waals surface area contributed by atoms with Gasteiger partial charge >= 0.3 is 0 Å². The summed E-state index contributed by atoms with van der Waals surface area (Å²) in [6.07, 6.45) is 3.60. The monoisotopic (exact) mass is 231 g/mol. The lowest BCUT2D eigenvalue weighted by Crippen LogP contribution is -2.35. The minimum atomic E-state index is 0. The Kier molecular flexibility index (Phi) is 4.42. The van der Waals surface area contributed by atoms with Gasteiger partial charge in [0.15, 0.2) is 0 Å². The van der Waals surface area contributed by atoms with E-state index in [0.29, 0.717) is 0 Å². The number of nitrogens with zero attached hydrogens (tertiary/aromatic N) is 1. The molecule has 78 valence electrons. The molecule has 1 aromatic rings. The van der Waals surface area contributed by atoms with Gasteiger partial charge in [-0.25, -0.2) is 0 Å². The van der Waals surface area contributed by atoms with Gasteiger partial charge in [-0.3, -0.25) is 4.79 Å². The molecular formula is C10H14ClNOS. The number of rotatable bonds is 1. The molecule has 2 rings (SSSR count). The molecule has 0 saturated carbocycles. The number of likely N-dealkylation sites (tertiary alicyclic amines) is 1. The highest BCUT2D eigenvalue weighted by Gasteiger charge is 2.18. The Bertz CT molecular complexity index is 280. The Hall–Kier alpha value is -0.540. The topological polar surface area (TPSA) is 20.3 Å². The van der Waals surface area contributed by atoms with E-state index in [0.717, 1.165) is 30.8 Å². The van der Waals surface area contributed by atoms with E-state index >= 15 is 0 Å². The number of amides is 1. The van der Waals surface area contributed by atoms with Crippen LogP contribution in [-0.4, -0.2) is 23.9 Å². The average molecular weight is 232 g/mol. The van der Waals surface area contributed by atoms with Crippen LogP contribution in [0.2, 0.25) is 0 Å². The first-order valence-corrected chi connectivity index (χ1v) is 5.59. The Morgan fingerprint density at radius 1 is 1.29 bits per heavy atom. The predicted molar refractivity (Wildman–Crippen MR) is 61.3 cm³/mol. The first-order chi connectivity index (χ1) is 6.38. The minimum absolute atomic E-state index is 0. The first kappa shape index (κ1) is 11.5. The molecule has 1 saturated heterocycles. The molecule has 0 atom stereocenters. The van der Waals surface area contributed by atoms with E-state index in [1.54, 1.807) is 0 Å². The van der Waals surface area contributed by atoms with Gasteiger partial charge in [0.1, 0.15) is 0 Å². The minimum Gasteiger partial charge on any atom is -0.338 e. The van der Waals surface area contributed by atoms with Gasteiger partial charge in [-0.2, -0.15) is 0 Å². The Morgan fingerprint density at radius 3 is 2.57 bits per heavy atom. The lowest BCUT2D eigenvalue weighted by molar-refractivity contribution is 0.0729. The Balaban J connectivity index is 0.000000980. The maximum atomic E-state index is 11.8. The van der Waals surface area contributed by atoms with E-state index in [1.165, 1.54) is 17.8 Å². The zero-order valence-electron chi connectivity index (χ0n) is 7.94. The van der Waals surface area contributed by atoms with Crippen LogP contribution in [0.5, 0.6) is 0 Å². The summed E-state index contributed by atoms with van der Waals surface area (Å²) in [4.78, 5) is 14.6. The highest BCUT2D eigenvalue weighted by atomic mass is 35.5. The number of carbonyl (C=O) groups is 1. The molecular weight excluding hydrogens is 218 g/mol. The first-order valence-electron chi connectivity index (χ1n) is 4.71. The summed E-state index contributed by atoms with van der Waals surface area (Å²) in [5.41, 5.74) is 0.